The van der Waals surface area contributed by atoms with Gasteiger partial charge in [-0.2, -0.15) is 0 Å². The molecule has 1 heterocycles. The zero-order valence-corrected chi connectivity index (χ0v) is 12.4. The lowest BCUT2D eigenvalue weighted by molar-refractivity contribution is 0.390. The molecule has 0 atom stereocenters. The number of benzene rings is 1. The maximum Gasteiger partial charge on any atom is 0.173 e. The number of phenols is 2. The third kappa shape index (κ3) is 1.92. The summed E-state index contributed by atoms with van der Waals surface area (Å²) < 4.78 is 3.16. The highest BCUT2D eigenvalue weighted by molar-refractivity contribution is 9.11. The minimum Gasteiger partial charge on any atom is -0.503 e. The molecule has 1 aliphatic heterocycles. The monoisotopic (exact) mass is 399 g/mol. The molecule has 0 amide bonds. The SMILES string of the molecule is Oc1c(O)c(Br)c2c(c1Br)CCN(Br)C2. The fourth-order valence-electron chi connectivity index (χ4n) is 1.67. The lowest BCUT2D eigenvalue weighted by atomic mass is 10.0. The summed E-state index contributed by atoms with van der Waals surface area (Å²) in [5, 5.41) is 19.3. The number of nitrogens with zero attached hydrogens (tertiary/aromatic N) is 1. The van der Waals surface area contributed by atoms with E-state index in [1.165, 1.54) is 0 Å². The van der Waals surface area contributed by atoms with Crippen molar-refractivity contribution in [1.29, 1.82) is 0 Å². The van der Waals surface area contributed by atoms with Crippen LogP contribution in [-0.4, -0.2) is 20.7 Å². The Bertz CT molecular complexity index is 423. The Labute approximate surface area is 113 Å². The van der Waals surface area contributed by atoms with Crippen LogP contribution in [-0.2, 0) is 13.0 Å². The van der Waals surface area contributed by atoms with Crippen LogP contribution in [0.3, 0.4) is 0 Å². The third-order valence-corrected chi connectivity index (χ3v) is 4.78. The number of phenolic OH excluding ortho intramolecular Hbond substituents is 2. The summed E-state index contributed by atoms with van der Waals surface area (Å²) in [7, 11) is 0. The first-order valence-corrected chi connectivity index (χ1v) is 6.63. The maximum atomic E-state index is 9.67. The predicted molar refractivity (Wildman–Crippen MR) is 68.2 cm³/mol. The van der Waals surface area contributed by atoms with Gasteiger partial charge >= 0.3 is 0 Å². The summed E-state index contributed by atoms with van der Waals surface area (Å²) in [5.74, 6) is -0.202. The van der Waals surface area contributed by atoms with Gasteiger partial charge in [0.1, 0.15) is 0 Å². The van der Waals surface area contributed by atoms with Crippen LogP contribution in [0.1, 0.15) is 11.1 Å². The van der Waals surface area contributed by atoms with Crippen molar-refractivity contribution in [2.45, 2.75) is 13.0 Å². The molecule has 2 rings (SSSR count). The molecular formula is C9H8Br3NO2. The van der Waals surface area contributed by atoms with Gasteiger partial charge in [-0.05, 0) is 49.4 Å². The van der Waals surface area contributed by atoms with Gasteiger partial charge in [0.15, 0.2) is 11.5 Å². The van der Waals surface area contributed by atoms with Gasteiger partial charge in [0, 0.05) is 29.2 Å². The molecule has 0 fully saturated rings. The van der Waals surface area contributed by atoms with Gasteiger partial charge in [-0.1, -0.05) is 0 Å². The zero-order chi connectivity index (χ0) is 11.2. The largest absolute Gasteiger partial charge is 0.503 e. The molecule has 82 valence electrons. The quantitative estimate of drug-likeness (QED) is 0.518. The van der Waals surface area contributed by atoms with Crippen molar-refractivity contribution in [1.82, 2.24) is 3.93 Å². The topological polar surface area (TPSA) is 43.7 Å². The maximum absolute atomic E-state index is 9.67. The van der Waals surface area contributed by atoms with Crippen molar-refractivity contribution >= 4 is 48.0 Å². The molecule has 0 unspecified atom stereocenters. The zero-order valence-electron chi connectivity index (χ0n) is 7.60. The number of fused-ring (bicyclic) bond motifs is 1. The molecule has 1 aliphatic rings. The molecule has 0 aromatic heterocycles. The molecule has 15 heavy (non-hydrogen) atoms. The van der Waals surface area contributed by atoms with Crippen LogP contribution < -0.4 is 0 Å². The summed E-state index contributed by atoms with van der Waals surface area (Å²) >= 11 is 10.0. The molecule has 6 heteroatoms. The Balaban J connectivity index is 2.65. The summed E-state index contributed by atoms with van der Waals surface area (Å²) in [6.07, 6.45) is 0.827. The predicted octanol–water partition coefficient (Wildman–Crippen LogP) is 3.29. The van der Waals surface area contributed by atoms with Crippen molar-refractivity contribution in [3.05, 3.63) is 20.1 Å². The Kier molecular flexibility index (Phi) is 3.30. The van der Waals surface area contributed by atoms with Crippen molar-refractivity contribution in [3.63, 3.8) is 0 Å². The summed E-state index contributed by atoms with van der Waals surface area (Å²) in [5.41, 5.74) is 2.05. The summed E-state index contributed by atoms with van der Waals surface area (Å²) in [6.45, 7) is 1.57. The van der Waals surface area contributed by atoms with E-state index in [1.54, 1.807) is 0 Å². The Morgan fingerprint density at radius 1 is 1.00 bits per heavy atom. The molecule has 0 saturated carbocycles. The standard InChI is InChI=1S/C9H8Br3NO2/c10-6-4-1-2-13(12)3-5(4)7(11)9(15)8(6)14/h14-15H,1-3H2. The first kappa shape index (κ1) is 11.7. The second-order valence-corrected chi connectivity index (χ2v) is 5.97. The molecule has 0 spiro atoms. The van der Waals surface area contributed by atoms with Gasteiger partial charge < -0.3 is 10.2 Å². The number of hydrogen-bond acceptors (Lipinski definition) is 3. The van der Waals surface area contributed by atoms with Crippen LogP contribution in [0, 0.1) is 0 Å². The van der Waals surface area contributed by atoms with E-state index in [0.29, 0.717) is 15.5 Å². The van der Waals surface area contributed by atoms with Crippen molar-refractivity contribution in [2.75, 3.05) is 6.54 Å². The minimum atomic E-state index is -0.108. The first-order valence-electron chi connectivity index (χ1n) is 4.33. The summed E-state index contributed by atoms with van der Waals surface area (Å²) in [4.78, 5) is 0. The van der Waals surface area contributed by atoms with E-state index in [1.807, 2.05) is 3.93 Å². The van der Waals surface area contributed by atoms with Gasteiger partial charge in [-0.15, -0.1) is 0 Å². The molecule has 3 nitrogen and oxygen atoms in total. The third-order valence-electron chi connectivity index (χ3n) is 2.47. The first-order chi connectivity index (χ1) is 7.02. The highest BCUT2D eigenvalue weighted by Crippen LogP contribution is 2.46. The number of halogens is 3. The van der Waals surface area contributed by atoms with Crippen LogP contribution >= 0.6 is 48.0 Å². The second-order valence-electron chi connectivity index (χ2n) is 3.38. The van der Waals surface area contributed by atoms with Crippen molar-refractivity contribution in [3.8, 4) is 11.5 Å². The Morgan fingerprint density at radius 3 is 2.13 bits per heavy atom. The molecule has 0 saturated heterocycles. The van der Waals surface area contributed by atoms with E-state index in [-0.39, 0.29) is 11.5 Å². The molecule has 1 aromatic rings. The van der Waals surface area contributed by atoms with Crippen LogP contribution in [0.25, 0.3) is 0 Å². The van der Waals surface area contributed by atoms with Crippen molar-refractivity contribution < 1.29 is 10.2 Å². The van der Waals surface area contributed by atoms with Crippen molar-refractivity contribution in [2.24, 2.45) is 0 Å². The molecule has 2 N–H and O–H groups in total. The average Bonchev–Trinajstić information content (AvgIpc) is 2.23. The molecular weight excluding hydrogens is 394 g/mol. The number of hydrogen-bond donors (Lipinski definition) is 2. The highest BCUT2D eigenvalue weighted by atomic mass is 79.9. The van der Waals surface area contributed by atoms with E-state index in [4.69, 9.17) is 0 Å². The molecule has 0 radical (unpaired) electrons. The van der Waals surface area contributed by atoms with Gasteiger partial charge in [0.25, 0.3) is 0 Å². The summed E-state index contributed by atoms with van der Waals surface area (Å²) in [6, 6.07) is 0. The number of aromatic hydroxyl groups is 2. The van der Waals surface area contributed by atoms with Gasteiger partial charge in [0.2, 0.25) is 0 Å². The van der Waals surface area contributed by atoms with Gasteiger partial charge in [0.05, 0.1) is 8.95 Å². The second kappa shape index (κ2) is 4.24. The fraction of sp³-hybridized carbons (Fsp3) is 0.333. The average molecular weight is 402 g/mol. The molecule has 0 bridgehead atoms. The number of rotatable bonds is 0. The highest BCUT2D eigenvalue weighted by Gasteiger charge is 2.25. The normalized spacial score (nSPS) is 16.5. The van der Waals surface area contributed by atoms with E-state index in [2.05, 4.69) is 48.0 Å². The van der Waals surface area contributed by atoms with E-state index in [0.717, 1.165) is 24.1 Å². The molecule has 0 aliphatic carbocycles. The lowest BCUT2D eigenvalue weighted by Gasteiger charge is -2.26. The van der Waals surface area contributed by atoms with Crippen LogP contribution in [0.15, 0.2) is 8.95 Å². The van der Waals surface area contributed by atoms with E-state index >= 15 is 0 Å². The molecule has 1 aromatic carbocycles. The van der Waals surface area contributed by atoms with E-state index < -0.39 is 0 Å². The Hall–Kier alpha value is 0.220. The van der Waals surface area contributed by atoms with Gasteiger partial charge in [-0.25, -0.2) is 3.93 Å². The van der Waals surface area contributed by atoms with Crippen LogP contribution in [0.2, 0.25) is 0 Å². The smallest absolute Gasteiger partial charge is 0.173 e. The lowest BCUT2D eigenvalue weighted by Crippen LogP contribution is -2.22. The van der Waals surface area contributed by atoms with Crippen LogP contribution in [0.4, 0.5) is 0 Å². The van der Waals surface area contributed by atoms with Gasteiger partial charge in [-0.3, -0.25) is 0 Å². The minimum absolute atomic E-state index is 0.0938. The van der Waals surface area contributed by atoms with E-state index in [9.17, 15) is 10.2 Å². The Morgan fingerprint density at radius 2 is 1.53 bits per heavy atom. The van der Waals surface area contributed by atoms with Crippen LogP contribution in [0.5, 0.6) is 11.5 Å². The fourth-order valence-corrected chi connectivity index (χ4v) is 3.27.